The van der Waals surface area contributed by atoms with Gasteiger partial charge in [0, 0.05) is 11.5 Å². The van der Waals surface area contributed by atoms with E-state index in [1.807, 2.05) is 0 Å². The van der Waals surface area contributed by atoms with E-state index in [0.717, 1.165) is 0 Å². The van der Waals surface area contributed by atoms with Crippen LogP contribution in [0.4, 0.5) is 0 Å². The zero-order valence-corrected chi connectivity index (χ0v) is 13.5. The molecule has 1 nitrogen and oxygen atoms in total. The largest absolute Gasteiger partial charge is 0.329 e. The fourth-order valence-corrected chi connectivity index (χ4v) is 7.00. The Morgan fingerprint density at radius 1 is 1.11 bits per heavy atom. The van der Waals surface area contributed by atoms with Crippen LogP contribution < -0.4 is 4.98 Å². The number of benzene rings is 1. The van der Waals surface area contributed by atoms with Gasteiger partial charge in [-0.15, -0.1) is 0 Å². The first-order chi connectivity index (χ1) is 8.21. The van der Waals surface area contributed by atoms with Gasteiger partial charge in [-0.2, -0.15) is 0 Å². The summed E-state index contributed by atoms with van der Waals surface area (Å²) in [5.41, 5.74) is 3.09. The SMILES string of the molecule is CC1C([Si](C)(C)NC(C)(C)C)=Cc2ccccc21. The van der Waals surface area contributed by atoms with Gasteiger partial charge in [0.15, 0.2) is 0 Å². The molecule has 0 aromatic heterocycles. The summed E-state index contributed by atoms with van der Waals surface area (Å²) in [6, 6.07) is 8.79. The smallest absolute Gasteiger partial charge is 0.148 e. The molecule has 0 bridgehead atoms. The van der Waals surface area contributed by atoms with Gasteiger partial charge in [-0.25, -0.2) is 0 Å². The lowest BCUT2D eigenvalue weighted by molar-refractivity contribution is 0.513. The van der Waals surface area contributed by atoms with Gasteiger partial charge in [0.2, 0.25) is 0 Å². The third-order valence-electron chi connectivity index (χ3n) is 3.65. The summed E-state index contributed by atoms with van der Waals surface area (Å²) in [6.45, 7) is 14.0. The van der Waals surface area contributed by atoms with Gasteiger partial charge in [0.1, 0.15) is 8.24 Å². The minimum Gasteiger partial charge on any atom is -0.329 e. The molecule has 1 aliphatic rings. The fourth-order valence-electron chi connectivity index (χ4n) is 3.23. The Morgan fingerprint density at radius 2 is 1.72 bits per heavy atom. The van der Waals surface area contributed by atoms with Gasteiger partial charge in [-0.3, -0.25) is 0 Å². The Labute approximate surface area is 112 Å². The van der Waals surface area contributed by atoms with Crippen LogP contribution in [0.3, 0.4) is 0 Å². The molecule has 2 rings (SSSR count). The van der Waals surface area contributed by atoms with Crippen molar-refractivity contribution in [2.24, 2.45) is 0 Å². The van der Waals surface area contributed by atoms with Gasteiger partial charge < -0.3 is 4.98 Å². The normalized spacial score (nSPS) is 19.7. The van der Waals surface area contributed by atoms with Gasteiger partial charge >= 0.3 is 0 Å². The number of allylic oxidation sites excluding steroid dienone is 1. The van der Waals surface area contributed by atoms with Crippen molar-refractivity contribution in [3.05, 3.63) is 40.6 Å². The van der Waals surface area contributed by atoms with Crippen LogP contribution in [-0.4, -0.2) is 13.8 Å². The lowest BCUT2D eigenvalue weighted by Crippen LogP contribution is -2.56. The van der Waals surface area contributed by atoms with Gasteiger partial charge in [0.05, 0.1) is 0 Å². The molecule has 1 atom stereocenters. The molecule has 98 valence electrons. The maximum absolute atomic E-state index is 3.87. The highest BCUT2D eigenvalue weighted by molar-refractivity contribution is 6.83. The molecule has 1 unspecified atom stereocenters. The van der Waals surface area contributed by atoms with E-state index in [0.29, 0.717) is 5.92 Å². The molecule has 0 heterocycles. The van der Waals surface area contributed by atoms with E-state index in [2.05, 4.69) is 76.1 Å². The highest BCUT2D eigenvalue weighted by atomic mass is 28.3. The van der Waals surface area contributed by atoms with E-state index in [4.69, 9.17) is 0 Å². The van der Waals surface area contributed by atoms with Crippen LogP contribution in [0.15, 0.2) is 29.5 Å². The van der Waals surface area contributed by atoms with Crippen LogP contribution in [0.1, 0.15) is 44.7 Å². The van der Waals surface area contributed by atoms with Crippen molar-refractivity contribution >= 4 is 14.3 Å². The van der Waals surface area contributed by atoms with E-state index < -0.39 is 8.24 Å². The first-order valence-corrected chi connectivity index (χ1v) is 9.81. The molecule has 0 spiro atoms. The summed E-state index contributed by atoms with van der Waals surface area (Å²) in [7, 11) is -1.56. The molecule has 2 heteroatoms. The van der Waals surface area contributed by atoms with Crippen molar-refractivity contribution in [2.45, 2.75) is 52.2 Å². The monoisotopic (exact) mass is 259 g/mol. The maximum atomic E-state index is 3.87. The van der Waals surface area contributed by atoms with Gasteiger partial charge in [-0.05, 0) is 31.9 Å². The van der Waals surface area contributed by atoms with Crippen molar-refractivity contribution in [1.29, 1.82) is 0 Å². The van der Waals surface area contributed by atoms with E-state index >= 15 is 0 Å². The number of rotatable bonds is 2. The van der Waals surface area contributed by atoms with Gasteiger partial charge in [-0.1, -0.05) is 55.6 Å². The summed E-state index contributed by atoms with van der Waals surface area (Å²) >= 11 is 0. The molecule has 1 aromatic carbocycles. The lowest BCUT2D eigenvalue weighted by Gasteiger charge is -2.36. The summed E-state index contributed by atoms with van der Waals surface area (Å²) in [5.74, 6) is 0.567. The molecule has 0 amide bonds. The summed E-state index contributed by atoms with van der Waals surface area (Å²) in [6.07, 6.45) is 2.42. The molecule has 1 aromatic rings. The molecular weight excluding hydrogens is 234 g/mol. The van der Waals surface area contributed by atoms with Crippen LogP contribution in [0.2, 0.25) is 13.1 Å². The standard InChI is InChI=1S/C16H25NSi/c1-12-14-10-8-7-9-13(14)11-15(12)18(5,6)17-16(2,3)4/h7-12,17H,1-6H3. The fraction of sp³-hybridized carbons (Fsp3) is 0.500. The number of nitrogens with one attached hydrogen (secondary N) is 1. The van der Waals surface area contributed by atoms with Crippen molar-refractivity contribution < 1.29 is 0 Å². The molecular formula is C16H25NSi. The molecule has 0 saturated heterocycles. The average Bonchev–Trinajstić information content (AvgIpc) is 2.54. The van der Waals surface area contributed by atoms with E-state index in [-0.39, 0.29) is 5.54 Å². The molecule has 0 saturated carbocycles. The van der Waals surface area contributed by atoms with Crippen molar-refractivity contribution in [2.75, 3.05) is 0 Å². The Kier molecular flexibility index (Phi) is 3.28. The minimum atomic E-state index is -1.56. The topological polar surface area (TPSA) is 12.0 Å². The molecule has 0 fully saturated rings. The first kappa shape index (κ1) is 13.6. The van der Waals surface area contributed by atoms with Crippen molar-refractivity contribution in [3.8, 4) is 0 Å². The second kappa shape index (κ2) is 4.36. The predicted molar refractivity (Wildman–Crippen MR) is 83.2 cm³/mol. The first-order valence-electron chi connectivity index (χ1n) is 6.81. The van der Waals surface area contributed by atoms with Crippen LogP contribution in [0, 0.1) is 0 Å². The summed E-state index contributed by atoms with van der Waals surface area (Å²) < 4.78 is 0. The summed E-state index contributed by atoms with van der Waals surface area (Å²) in [4.78, 5) is 3.87. The van der Waals surface area contributed by atoms with E-state index in [9.17, 15) is 0 Å². The molecule has 0 radical (unpaired) electrons. The number of hydrogen-bond acceptors (Lipinski definition) is 1. The maximum Gasteiger partial charge on any atom is 0.148 e. The lowest BCUT2D eigenvalue weighted by atomic mass is 10.0. The highest BCUT2D eigenvalue weighted by Gasteiger charge is 2.36. The van der Waals surface area contributed by atoms with Crippen molar-refractivity contribution in [1.82, 2.24) is 4.98 Å². The second-order valence-electron chi connectivity index (χ2n) is 6.95. The Balaban J connectivity index is 2.32. The van der Waals surface area contributed by atoms with Crippen LogP contribution >= 0.6 is 0 Å². The molecule has 1 N–H and O–H groups in total. The zero-order valence-electron chi connectivity index (χ0n) is 12.5. The van der Waals surface area contributed by atoms with Crippen LogP contribution in [0.25, 0.3) is 6.08 Å². The molecule has 0 aliphatic heterocycles. The predicted octanol–water partition coefficient (Wildman–Crippen LogP) is 4.32. The van der Waals surface area contributed by atoms with Gasteiger partial charge in [0.25, 0.3) is 0 Å². The Hall–Kier alpha value is -0.863. The van der Waals surface area contributed by atoms with Crippen LogP contribution in [-0.2, 0) is 0 Å². The zero-order chi connectivity index (χ0) is 13.6. The molecule has 18 heavy (non-hydrogen) atoms. The Bertz CT molecular complexity index is 480. The number of hydrogen-bond donors (Lipinski definition) is 1. The quantitative estimate of drug-likeness (QED) is 0.780. The summed E-state index contributed by atoms with van der Waals surface area (Å²) in [5, 5.41) is 1.62. The average molecular weight is 259 g/mol. The molecule has 1 aliphatic carbocycles. The van der Waals surface area contributed by atoms with E-state index in [1.165, 1.54) is 11.1 Å². The Morgan fingerprint density at radius 3 is 2.28 bits per heavy atom. The van der Waals surface area contributed by atoms with Crippen LogP contribution in [0.5, 0.6) is 0 Å². The van der Waals surface area contributed by atoms with Crippen molar-refractivity contribution in [3.63, 3.8) is 0 Å². The van der Waals surface area contributed by atoms with E-state index in [1.54, 1.807) is 5.20 Å². The third kappa shape index (κ3) is 2.60. The third-order valence-corrected chi connectivity index (χ3v) is 7.04. The highest BCUT2D eigenvalue weighted by Crippen LogP contribution is 2.39. The number of fused-ring (bicyclic) bond motifs is 1. The minimum absolute atomic E-state index is 0.186. The second-order valence-corrected chi connectivity index (χ2v) is 11.0.